The summed E-state index contributed by atoms with van der Waals surface area (Å²) in [5.41, 5.74) is 1.24. The van der Waals surface area contributed by atoms with Crippen molar-refractivity contribution < 1.29 is 4.74 Å². The number of nitrogens with one attached hydrogen (secondary N) is 1. The van der Waals surface area contributed by atoms with E-state index in [9.17, 15) is 0 Å². The molecule has 0 bridgehead atoms. The van der Waals surface area contributed by atoms with Gasteiger partial charge >= 0.3 is 0 Å². The van der Waals surface area contributed by atoms with E-state index in [1.54, 1.807) is 0 Å². The molecule has 1 aromatic carbocycles. The Bertz CT molecular complexity index is 286. The van der Waals surface area contributed by atoms with Crippen molar-refractivity contribution >= 4 is 0 Å². The van der Waals surface area contributed by atoms with Gasteiger partial charge in [-0.25, -0.2) is 0 Å². The first-order valence-corrected chi connectivity index (χ1v) is 5.72. The second-order valence-electron chi connectivity index (χ2n) is 3.73. The molecule has 0 aliphatic carbocycles. The molecule has 0 spiro atoms. The van der Waals surface area contributed by atoms with Crippen LogP contribution in [0.15, 0.2) is 24.3 Å². The predicted molar refractivity (Wildman–Crippen MR) is 64.2 cm³/mol. The number of hydrogen-bond acceptors (Lipinski definition) is 2. The number of benzene rings is 1. The highest BCUT2D eigenvalue weighted by atomic mass is 16.5. The maximum Gasteiger partial charge on any atom is 0.123 e. The Hall–Kier alpha value is -1.02. The summed E-state index contributed by atoms with van der Waals surface area (Å²) in [6.45, 7) is 8.00. The quantitative estimate of drug-likeness (QED) is 0.774. The zero-order chi connectivity index (χ0) is 11.1. The molecule has 0 radical (unpaired) electrons. The topological polar surface area (TPSA) is 21.3 Å². The van der Waals surface area contributed by atoms with Crippen molar-refractivity contribution in [1.29, 1.82) is 0 Å². The fourth-order valence-electron chi connectivity index (χ4n) is 1.37. The number of para-hydroxylation sites is 1. The van der Waals surface area contributed by atoms with E-state index in [4.69, 9.17) is 4.74 Å². The van der Waals surface area contributed by atoms with Crippen LogP contribution in [0.4, 0.5) is 0 Å². The van der Waals surface area contributed by atoms with Gasteiger partial charge in [-0.15, -0.1) is 0 Å². The molecule has 0 heterocycles. The van der Waals surface area contributed by atoms with Gasteiger partial charge in [-0.2, -0.15) is 0 Å². The van der Waals surface area contributed by atoms with E-state index in [2.05, 4.69) is 31.3 Å². The minimum absolute atomic E-state index is 0.555. The number of ether oxygens (including phenoxy) is 1. The highest BCUT2D eigenvalue weighted by Crippen LogP contribution is 2.17. The molecule has 0 amide bonds. The number of hydrogen-bond donors (Lipinski definition) is 1. The van der Waals surface area contributed by atoms with Gasteiger partial charge in [0.15, 0.2) is 0 Å². The molecule has 0 saturated carbocycles. The molecule has 0 fully saturated rings. The Morgan fingerprint density at radius 1 is 1.27 bits per heavy atom. The molecule has 0 aliphatic heterocycles. The summed E-state index contributed by atoms with van der Waals surface area (Å²) in [6, 6.07) is 8.76. The smallest absolute Gasteiger partial charge is 0.123 e. The zero-order valence-electron chi connectivity index (χ0n) is 9.92. The second kappa shape index (κ2) is 6.46. The fraction of sp³-hybridized carbons (Fsp3) is 0.538. The molecule has 84 valence electrons. The molecule has 0 unspecified atom stereocenters. The minimum Gasteiger partial charge on any atom is -0.494 e. The van der Waals surface area contributed by atoms with Crippen LogP contribution in [0.5, 0.6) is 5.75 Å². The Balaban J connectivity index is 2.58. The minimum atomic E-state index is 0.555. The highest BCUT2D eigenvalue weighted by molar-refractivity contribution is 5.33. The Kier molecular flexibility index (Phi) is 5.19. The zero-order valence-corrected chi connectivity index (χ0v) is 9.92. The first kappa shape index (κ1) is 12.1. The van der Waals surface area contributed by atoms with Crippen molar-refractivity contribution in [2.75, 3.05) is 6.61 Å². The van der Waals surface area contributed by atoms with E-state index in [1.807, 2.05) is 19.1 Å². The van der Waals surface area contributed by atoms with Crippen molar-refractivity contribution in [3.63, 3.8) is 0 Å². The number of rotatable bonds is 6. The van der Waals surface area contributed by atoms with Crippen LogP contribution >= 0.6 is 0 Å². The maximum absolute atomic E-state index is 5.56. The van der Waals surface area contributed by atoms with E-state index < -0.39 is 0 Å². The Morgan fingerprint density at radius 3 is 2.67 bits per heavy atom. The predicted octanol–water partition coefficient (Wildman–Crippen LogP) is 2.97. The SMILES string of the molecule is CCOc1ccccc1CN[C@@H](C)CC. The van der Waals surface area contributed by atoms with Crippen molar-refractivity contribution in [3.05, 3.63) is 29.8 Å². The van der Waals surface area contributed by atoms with Gasteiger partial charge in [-0.05, 0) is 26.3 Å². The molecule has 2 heteroatoms. The first-order valence-electron chi connectivity index (χ1n) is 5.72. The maximum atomic E-state index is 5.56. The molecule has 1 N–H and O–H groups in total. The second-order valence-corrected chi connectivity index (χ2v) is 3.73. The highest BCUT2D eigenvalue weighted by Gasteiger charge is 2.03. The third-order valence-corrected chi connectivity index (χ3v) is 2.53. The molecule has 1 atom stereocenters. The van der Waals surface area contributed by atoms with Crippen LogP contribution in [0.1, 0.15) is 32.8 Å². The molecule has 2 nitrogen and oxygen atoms in total. The van der Waals surface area contributed by atoms with Gasteiger partial charge in [0.05, 0.1) is 6.61 Å². The average Bonchev–Trinajstić information content (AvgIpc) is 2.28. The largest absolute Gasteiger partial charge is 0.494 e. The summed E-state index contributed by atoms with van der Waals surface area (Å²) >= 11 is 0. The molecule has 1 aromatic rings. The lowest BCUT2D eigenvalue weighted by molar-refractivity contribution is 0.334. The summed E-state index contributed by atoms with van der Waals surface area (Å²) < 4.78 is 5.56. The van der Waals surface area contributed by atoms with E-state index >= 15 is 0 Å². The fourth-order valence-corrected chi connectivity index (χ4v) is 1.37. The molecular formula is C13H21NO. The van der Waals surface area contributed by atoms with E-state index in [-0.39, 0.29) is 0 Å². The van der Waals surface area contributed by atoms with Gasteiger partial charge in [-0.1, -0.05) is 25.1 Å². The van der Waals surface area contributed by atoms with Gasteiger partial charge < -0.3 is 10.1 Å². The van der Waals surface area contributed by atoms with Gasteiger partial charge in [0, 0.05) is 18.2 Å². The summed E-state index contributed by atoms with van der Waals surface area (Å²) in [6.07, 6.45) is 1.15. The standard InChI is InChI=1S/C13H21NO/c1-4-11(3)14-10-12-8-6-7-9-13(12)15-5-2/h6-9,11,14H,4-5,10H2,1-3H3/t11-/m0/s1. The van der Waals surface area contributed by atoms with Crippen molar-refractivity contribution in [2.24, 2.45) is 0 Å². The van der Waals surface area contributed by atoms with Crippen LogP contribution in [0, 0.1) is 0 Å². The lowest BCUT2D eigenvalue weighted by Gasteiger charge is -2.14. The Morgan fingerprint density at radius 2 is 2.00 bits per heavy atom. The molecule has 1 rings (SSSR count). The summed E-state index contributed by atoms with van der Waals surface area (Å²) in [7, 11) is 0. The van der Waals surface area contributed by atoms with Crippen LogP contribution in [0.25, 0.3) is 0 Å². The van der Waals surface area contributed by atoms with Crippen LogP contribution in [-0.2, 0) is 6.54 Å². The molecular weight excluding hydrogens is 186 g/mol. The van der Waals surface area contributed by atoms with Crippen molar-refractivity contribution in [1.82, 2.24) is 5.32 Å². The van der Waals surface area contributed by atoms with Crippen LogP contribution in [0.2, 0.25) is 0 Å². The first-order chi connectivity index (χ1) is 7.27. The van der Waals surface area contributed by atoms with Gasteiger partial charge in [0.1, 0.15) is 5.75 Å². The molecule has 0 aromatic heterocycles. The van der Waals surface area contributed by atoms with Crippen molar-refractivity contribution in [3.8, 4) is 5.75 Å². The lowest BCUT2D eigenvalue weighted by atomic mass is 10.2. The normalized spacial score (nSPS) is 12.5. The van der Waals surface area contributed by atoms with Crippen LogP contribution < -0.4 is 10.1 Å². The van der Waals surface area contributed by atoms with Gasteiger partial charge in [0.2, 0.25) is 0 Å². The van der Waals surface area contributed by atoms with Crippen molar-refractivity contribution in [2.45, 2.75) is 39.8 Å². The Labute approximate surface area is 92.6 Å². The van der Waals surface area contributed by atoms with Crippen LogP contribution in [-0.4, -0.2) is 12.6 Å². The average molecular weight is 207 g/mol. The van der Waals surface area contributed by atoms with E-state index in [1.165, 1.54) is 5.56 Å². The molecule has 0 aliphatic rings. The monoisotopic (exact) mass is 207 g/mol. The van der Waals surface area contributed by atoms with Crippen LogP contribution in [0.3, 0.4) is 0 Å². The lowest BCUT2D eigenvalue weighted by Crippen LogP contribution is -2.24. The molecule has 15 heavy (non-hydrogen) atoms. The van der Waals surface area contributed by atoms with E-state index in [0.29, 0.717) is 6.04 Å². The summed E-state index contributed by atoms with van der Waals surface area (Å²) in [5.74, 6) is 0.996. The summed E-state index contributed by atoms with van der Waals surface area (Å²) in [5, 5.41) is 3.47. The summed E-state index contributed by atoms with van der Waals surface area (Å²) in [4.78, 5) is 0. The van der Waals surface area contributed by atoms with Gasteiger partial charge in [-0.3, -0.25) is 0 Å². The van der Waals surface area contributed by atoms with Gasteiger partial charge in [0.25, 0.3) is 0 Å². The third kappa shape index (κ3) is 3.92. The third-order valence-electron chi connectivity index (χ3n) is 2.53. The molecule has 0 saturated heterocycles. The van der Waals surface area contributed by atoms with E-state index in [0.717, 1.165) is 25.3 Å².